The van der Waals surface area contributed by atoms with Crippen LogP contribution in [-0.2, 0) is 4.74 Å². The second-order valence-corrected chi connectivity index (χ2v) is 6.75. The molecule has 0 unspecified atom stereocenters. The third-order valence-corrected chi connectivity index (χ3v) is 3.66. The van der Waals surface area contributed by atoms with E-state index in [1.165, 1.54) is 9.58 Å². The summed E-state index contributed by atoms with van der Waals surface area (Å²) < 4.78 is 20.4. The zero-order valence-corrected chi connectivity index (χ0v) is 13.8. The standard InChI is InChI=1S/C13H18ClFN4O4/c1-13(2,3)23-12(20)17-6-8(15)4-9(7-17)18-11(14)10(5-16-18)19(21)22/h5,8-9H,4,6-7H2,1-3H3/t8-,9-/m0/s1. The maximum Gasteiger partial charge on any atom is 0.410 e. The van der Waals surface area contributed by atoms with Gasteiger partial charge in [0.05, 0.1) is 17.5 Å². The highest BCUT2D eigenvalue weighted by molar-refractivity contribution is 6.31. The maximum atomic E-state index is 14.0. The van der Waals surface area contributed by atoms with Crippen LogP contribution in [0.3, 0.4) is 0 Å². The first-order valence-electron chi connectivity index (χ1n) is 7.08. The van der Waals surface area contributed by atoms with Crippen LogP contribution in [0.4, 0.5) is 14.9 Å². The van der Waals surface area contributed by atoms with Crippen molar-refractivity contribution in [3.63, 3.8) is 0 Å². The van der Waals surface area contributed by atoms with E-state index in [-0.39, 0.29) is 30.4 Å². The van der Waals surface area contributed by atoms with Gasteiger partial charge >= 0.3 is 11.8 Å². The van der Waals surface area contributed by atoms with E-state index in [0.717, 1.165) is 6.20 Å². The molecule has 1 saturated heterocycles. The number of rotatable bonds is 2. The SMILES string of the molecule is CC(C)(C)OC(=O)N1C[C@@H](F)C[C@H](n2ncc([N+](=O)[O-])c2Cl)C1. The predicted molar refractivity (Wildman–Crippen MR) is 80.2 cm³/mol. The molecule has 0 radical (unpaired) electrons. The van der Waals surface area contributed by atoms with E-state index in [1.807, 2.05) is 0 Å². The number of carbonyl (C=O) groups is 1. The molecule has 1 aliphatic rings. The average Bonchev–Trinajstić information content (AvgIpc) is 2.78. The monoisotopic (exact) mass is 348 g/mol. The smallest absolute Gasteiger partial charge is 0.410 e. The van der Waals surface area contributed by atoms with Gasteiger partial charge in [-0.3, -0.25) is 10.1 Å². The van der Waals surface area contributed by atoms with Crippen LogP contribution in [0.2, 0.25) is 5.15 Å². The number of aromatic nitrogens is 2. The van der Waals surface area contributed by atoms with Gasteiger partial charge in [0.25, 0.3) is 0 Å². The van der Waals surface area contributed by atoms with Gasteiger partial charge < -0.3 is 9.64 Å². The Bertz CT molecular complexity index is 616. The highest BCUT2D eigenvalue weighted by atomic mass is 35.5. The molecule has 1 aliphatic heterocycles. The van der Waals surface area contributed by atoms with Gasteiger partial charge in [0.15, 0.2) is 0 Å². The second-order valence-electron chi connectivity index (χ2n) is 6.39. The zero-order valence-electron chi connectivity index (χ0n) is 13.0. The molecule has 0 N–H and O–H groups in total. The Hall–Kier alpha value is -1.90. The largest absolute Gasteiger partial charge is 0.444 e. The van der Waals surface area contributed by atoms with E-state index in [0.29, 0.717) is 0 Å². The highest BCUT2D eigenvalue weighted by Gasteiger charge is 2.35. The van der Waals surface area contributed by atoms with Crippen molar-refractivity contribution in [1.29, 1.82) is 0 Å². The van der Waals surface area contributed by atoms with Crippen LogP contribution in [0.25, 0.3) is 0 Å². The van der Waals surface area contributed by atoms with Gasteiger partial charge in [-0.1, -0.05) is 11.6 Å². The molecule has 8 nitrogen and oxygen atoms in total. The maximum absolute atomic E-state index is 14.0. The lowest BCUT2D eigenvalue weighted by molar-refractivity contribution is -0.384. The summed E-state index contributed by atoms with van der Waals surface area (Å²) in [4.78, 5) is 23.5. The molecule has 1 aromatic heterocycles. The van der Waals surface area contributed by atoms with Crippen molar-refractivity contribution in [2.75, 3.05) is 13.1 Å². The predicted octanol–water partition coefficient (Wildman–Crippen LogP) is 2.96. The minimum Gasteiger partial charge on any atom is -0.444 e. The Balaban J connectivity index is 2.18. The molecular weight excluding hydrogens is 331 g/mol. The summed E-state index contributed by atoms with van der Waals surface area (Å²) in [6.07, 6.45) is -0.844. The molecule has 23 heavy (non-hydrogen) atoms. The number of amides is 1. The molecule has 0 spiro atoms. The van der Waals surface area contributed by atoms with Crippen LogP contribution in [-0.4, -0.2) is 50.6 Å². The second kappa shape index (κ2) is 6.31. The van der Waals surface area contributed by atoms with Crippen molar-refractivity contribution in [3.05, 3.63) is 21.5 Å². The Morgan fingerprint density at radius 2 is 2.17 bits per heavy atom. The number of nitrogens with zero attached hydrogens (tertiary/aromatic N) is 4. The third kappa shape index (κ3) is 4.10. The molecule has 2 heterocycles. The number of alkyl halides is 1. The molecule has 10 heteroatoms. The lowest BCUT2D eigenvalue weighted by Crippen LogP contribution is -2.47. The average molecular weight is 349 g/mol. The summed E-state index contributed by atoms with van der Waals surface area (Å²) in [6, 6.07) is -0.590. The molecule has 0 saturated carbocycles. The number of likely N-dealkylation sites (tertiary alicyclic amines) is 1. The van der Waals surface area contributed by atoms with Crippen molar-refractivity contribution < 1.29 is 18.8 Å². The minimum absolute atomic E-state index is 0.0673. The quantitative estimate of drug-likeness (QED) is 0.605. The Labute approximate surface area is 137 Å². The van der Waals surface area contributed by atoms with Gasteiger partial charge in [0.1, 0.15) is 18.0 Å². The fraction of sp³-hybridized carbons (Fsp3) is 0.692. The van der Waals surface area contributed by atoms with Crippen LogP contribution in [0.1, 0.15) is 33.2 Å². The summed E-state index contributed by atoms with van der Waals surface area (Å²) in [5.74, 6) is 0. The van der Waals surface area contributed by atoms with Crippen LogP contribution in [0.15, 0.2) is 6.20 Å². The molecule has 2 atom stereocenters. The van der Waals surface area contributed by atoms with Crippen molar-refractivity contribution in [1.82, 2.24) is 14.7 Å². The van der Waals surface area contributed by atoms with Crippen LogP contribution >= 0.6 is 11.6 Å². The van der Waals surface area contributed by atoms with Crippen molar-refractivity contribution in [2.45, 2.75) is 45.0 Å². The van der Waals surface area contributed by atoms with Gasteiger partial charge in [0.2, 0.25) is 5.15 Å². The molecule has 1 amide bonds. The first-order valence-corrected chi connectivity index (χ1v) is 7.45. The topological polar surface area (TPSA) is 90.5 Å². The number of piperidine rings is 1. The molecule has 2 rings (SSSR count). The van der Waals surface area contributed by atoms with Gasteiger partial charge in [-0.25, -0.2) is 13.9 Å². The van der Waals surface area contributed by atoms with E-state index >= 15 is 0 Å². The number of ether oxygens (including phenoxy) is 1. The number of halogens is 2. The first-order chi connectivity index (χ1) is 10.6. The van der Waals surface area contributed by atoms with Crippen LogP contribution in [0.5, 0.6) is 0 Å². The summed E-state index contributed by atoms with van der Waals surface area (Å²) in [7, 11) is 0. The fourth-order valence-corrected chi connectivity index (χ4v) is 2.68. The molecule has 1 fully saturated rings. The zero-order chi connectivity index (χ0) is 17.4. The summed E-state index contributed by atoms with van der Waals surface area (Å²) in [5.41, 5.74) is -1.05. The number of carbonyl (C=O) groups excluding carboxylic acids is 1. The van der Waals surface area contributed by atoms with Crippen LogP contribution in [0, 0.1) is 10.1 Å². The van der Waals surface area contributed by atoms with E-state index < -0.39 is 28.8 Å². The molecule has 0 bridgehead atoms. The first kappa shape index (κ1) is 17.5. The molecule has 128 valence electrons. The van der Waals surface area contributed by atoms with Crippen molar-refractivity contribution in [3.8, 4) is 0 Å². The van der Waals surface area contributed by atoms with Gasteiger partial charge in [0, 0.05) is 13.0 Å². The normalized spacial score (nSPS) is 22.0. The van der Waals surface area contributed by atoms with Crippen LogP contribution < -0.4 is 0 Å². The molecule has 0 aliphatic carbocycles. The number of hydrogen-bond donors (Lipinski definition) is 0. The lowest BCUT2D eigenvalue weighted by Gasteiger charge is -2.35. The van der Waals surface area contributed by atoms with E-state index in [2.05, 4.69) is 5.10 Å². The van der Waals surface area contributed by atoms with E-state index in [9.17, 15) is 19.3 Å². The van der Waals surface area contributed by atoms with E-state index in [1.54, 1.807) is 20.8 Å². The van der Waals surface area contributed by atoms with E-state index in [4.69, 9.17) is 16.3 Å². The van der Waals surface area contributed by atoms with Crippen molar-refractivity contribution in [2.24, 2.45) is 0 Å². The minimum atomic E-state index is -1.29. The van der Waals surface area contributed by atoms with Gasteiger partial charge in [-0.2, -0.15) is 5.10 Å². The molecule has 0 aromatic carbocycles. The van der Waals surface area contributed by atoms with Gasteiger partial charge in [-0.15, -0.1) is 0 Å². The Kier molecular flexibility index (Phi) is 4.79. The molecular formula is C13H18ClFN4O4. The highest BCUT2D eigenvalue weighted by Crippen LogP contribution is 2.31. The van der Waals surface area contributed by atoms with Crippen molar-refractivity contribution >= 4 is 23.4 Å². The lowest BCUT2D eigenvalue weighted by atomic mass is 10.0. The Morgan fingerprint density at radius 1 is 1.52 bits per heavy atom. The summed E-state index contributed by atoms with van der Waals surface area (Å²) in [6.45, 7) is 5.17. The molecule has 1 aromatic rings. The third-order valence-electron chi connectivity index (χ3n) is 3.29. The number of hydrogen-bond acceptors (Lipinski definition) is 5. The Morgan fingerprint density at radius 3 is 2.70 bits per heavy atom. The summed E-state index contributed by atoms with van der Waals surface area (Å²) in [5, 5.41) is 14.5. The number of nitro groups is 1. The fourth-order valence-electron chi connectivity index (χ4n) is 2.38. The van der Waals surface area contributed by atoms with Gasteiger partial charge in [-0.05, 0) is 20.8 Å². The summed E-state index contributed by atoms with van der Waals surface area (Å²) >= 11 is 5.94.